The maximum Gasteiger partial charge on any atom is 0.155 e. The molecule has 1 unspecified atom stereocenters. The van der Waals surface area contributed by atoms with Crippen molar-refractivity contribution < 1.29 is 14.3 Å². The number of rotatable bonds is 8. The Hall–Kier alpha value is -1.67. The Kier molecular flexibility index (Phi) is 12.9. The first-order valence-corrected chi connectivity index (χ1v) is 8.09. The molecule has 2 N–H and O–H groups in total. The number of carbonyl (C=O) groups excluding carboxylic acids is 1. The Bertz CT molecular complexity index is 484. The third-order valence-corrected chi connectivity index (χ3v) is 2.73. The van der Waals surface area contributed by atoms with Crippen LogP contribution in [-0.2, 0) is 14.3 Å². The molecule has 23 heavy (non-hydrogen) atoms. The second-order valence-electron chi connectivity index (χ2n) is 4.87. The molecule has 0 aliphatic heterocycles. The van der Waals surface area contributed by atoms with E-state index in [4.69, 9.17) is 15.2 Å². The Morgan fingerprint density at radius 3 is 2.35 bits per heavy atom. The van der Waals surface area contributed by atoms with Gasteiger partial charge >= 0.3 is 0 Å². The van der Waals surface area contributed by atoms with Crippen LogP contribution >= 0.6 is 0 Å². The SMILES string of the molecule is CC.CC(=O)COCCCOCC#Cc1ccc(C(C)N)cc1. The van der Waals surface area contributed by atoms with Crippen molar-refractivity contribution in [1.82, 2.24) is 0 Å². The fourth-order valence-corrected chi connectivity index (χ4v) is 1.61. The molecule has 0 bridgehead atoms. The quantitative estimate of drug-likeness (QED) is 0.591. The molecule has 0 saturated carbocycles. The second-order valence-corrected chi connectivity index (χ2v) is 4.87. The molecular weight excluding hydrogens is 290 g/mol. The molecule has 0 amide bonds. The summed E-state index contributed by atoms with van der Waals surface area (Å²) in [6.45, 7) is 9.14. The van der Waals surface area contributed by atoms with Crippen molar-refractivity contribution in [3.05, 3.63) is 35.4 Å². The molecule has 1 aromatic carbocycles. The van der Waals surface area contributed by atoms with E-state index in [1.54, 1.807) is 0 Å². The minimum Gasteiger partial charge on any atom is -0.374 e. The first-order chi connectivity index (χ1) is 11.1. The van der Waals surface area contributed by atoms with Gasteiger partial charge in [-0.3, -0.25) is 4.79 Å². The van der Waals surface area contributed by atoms with Gasteiger partial charge < -0.3 is 15.2 Å². The summed E-state index contributed by atoms with van der Waals surface area (Å²) in [4.78, 5) is 10.6. The Labute approximate surface area is 140 Å². The third-order valence-electron chi connectivity index (χ3n) is 2.73. The number of hydrogen-bond donors (Lipinski definition) is 1. The summed E-state index contributed by atoms with van der Waals surface area (Å²) in [7, 11) is 0. The zero-order chi connectivity index (χ0) is 17.5. The highest BCUT2D eigenvalue weighted by Gasteiger charge is 1.97. The third kappa shape index (κ3) is 11.5. The molecule has 4 nitrogen and oxygen atoms in total. The van der Waals surface area contributed by atoms with Crippen LogP contribution in [-0.4, -0.2) is 32.2 Å². The number of ketones is 1. The lowest BCUT2D eigenvalue weighted by Crippen LogP contribution is -2.07. The Morgan fingerprint density at radius 1 is 1.17 bits per heavy atom. The molecule has 0 aromatic heterocycles. The lowest BCUT2D eigenvalue weighted by Gasteiger charge is -2.04. The summed E-state index contributed by atoms with van der Waals surface area (Å²) in [6, 6.07) is 7.94. The highest BCUT2D eigenvalue weighted by atomic mass is 16.5. The van der Waals surface area contributed by atoms with Gasteiger partial charge in [0.25, 0.3) is 0 Å². The predicted octanol–water partition coefficient (Wildman–Crippen LogP) is 3.10. The van der Waals surface area contributed by atoms with Gasteiger partial charge in [0.05, 0.1) is 6.61 Å². The number of benzene rings is 1. The first-order valence-electron chi connectivity index (χ1n) is 8.09. The van der Waals surface area contributed by atoms with E-state index in [0.717, 1.165) is 17.5 Å². The average molecular weight is 319 g/mol. The summed E-state index contributed by atoms with van der Waals surface area (Å²) in [5.41, 5.74) is 7.84. The number of nitrogens with two attached hydrogens (primary N) is 1. The lowest BCUT2D eigenvalue weighted by atomic mass is 10.1. The lowest BCUT2D eigenvalue weighted by molar-refractivity contribution is -0.121. The Balaban J connectivity index is 0.00000232. The smallest absolute Gasteiger partial charge is 0.155 e. The van der Waals surface area contributed by atoms with Crippen molar-refractivity contribution in [3.8, 4) is 11.8 Å². The van der Waals surface area contributed by atoms with Crippen LogP contribution in [0.4, 0.5) is 0 Å². The molecule has 0 aliphatic carbocycles. The molecule has 1 rings (SSSR count). The summed E-state index contributed by atoms with van der Waals surface area (Å²) in [5.74, 6) is 6.04. The van der Waals surface area contributed by atoms with Crippen molar-refractivity contribution in [3.63, 3.8) is 0 Å². The molecule has 0 heterocycles. The molecule has 1 atom stereocenters. The first kappa shape index (κ1) is 21.3. The molecule has 0 aliphatic rings. The number of Topliss-reactive ketones (excluding diaryl/α,β-unsaturated/α-hetero) is 1. The van der Waals surface area contributed by atoms with Gasteiger partial charge in [-0.15, -0.1) is 0 Å². The van der Waals surface area contributed by atoms with Gasteiger partial charge in [0.15, 0.2) is 5.78 Å². The molecule has 128 valence electrons. The maximum absolute atomic E-state index is 10.6. The van der Waals surface area contributed by atoms with Crippen LogP contribution in [0.2, 0.25) is 0 Å². The van der Waals surface area contributed by atoms with Crippen molar-refractivity contribution in [2.24, 2.45) is 5.73 Å². The molecule has 0 spiro atoms. The fraction of sp³-hybridized carbons (Fsp3) is 0.526. The van der Waals surface area contributed by atoms with Crippen LogP contribution in [0.1, 0.15) is 51.3 Å². The second kappa shape index (κ2) is 14.0. The minimum atomic E-state index is 0.0387. The van der Waals surface area contributed by atoms with E-state index in [9.17, 15) is 4.79 Å². The van der Waals surface area contributed by atoms with Crippen LogP contribution in [0.15, 0.2) is 24.3 Å². The van der Waals surface area contributed by atoms with Crippen LogP contribution in [0.25, 0.3) is 0 Å². The van der Waals surface area contributed by atoms with Crippen LogP contribution in [0.3, 0.4) is 0 Å². The summed E-state index contributed by atoms with van der Waals surface area (Å²) in [6.07, 6.45) is 0.762. The monoisotopic (exact) mass is 319 g/mol. The van der Waals surface area contributed by atoms with Crippen molar-refractivity contribution in [1.29, 1.82) is 0 Å². The highest BCUT2D eigenvalue weighted by Crippen LogP contribution is 2.09. The zero-order valence-corrected chi connectivity index (χ0v) is 14.7. The maximum atomic E-state index is 10.6. The van der Waals surface area contributed by atoms with Gasteiger partial charge in [0, 0.05) is 18.2 Å². The van der Waals surface area contributed by atoms with E-state index in [-0.39, 0.29) is 18.4 Å². The van der Waals surface area contributed by atoms with Gasteiger partial charge in [-0.2, -0.15) is 0 Å². The van der Waals surface area contributed by atoms with Crippen molar-refractivity contribution >= 4 is 5.78 Å². The fourth-order valence-electron chi connectivity index (χ4n) is 1.61. The average Bonchev–Trinajstić information content (AvgIpc) is 2.55. The van der Waals surface area contributed by atoms with E-state index in [1.807, 2.05) is 45.0 Å². The molecule has 4 heteroatoms. The number of carbonyl (C=O) groups is 1. The van der Waals surface area contributed by atoms with E-state index >= 15 is 0 Å². The van der Waals surface area contributed by atoms with Gasteiger partial charge in [0.2, 0.25) is 0 Å². The van der Waals surface area contributed by atoms with Gasteiger partial charge in [-0.25, -0.2) is 0 Å². The molecular formula is C19H29NO3. The number of hydrogen-bond acceptors (Lipinski definition) is 4. The molecule has 0 radical (unpaired) electrons. The summed E-state index contributed by atoms with van der Waals surface area (Å²) in [5, 5.41) is 0. The number of ether oxygens (including phenoxy) is 2. The van der Waals surface area contributed by atoms with Crippen LogP contribution in [0.5, 0.6) is 0 Å². The van der Waals surface area contributed by atoms with E-state index in [2.05, 4.69) is 11.8 Å². The normalized spacial score (nSPS) is 10.8. The standard InChI is InChI=1S/C17H23NO3.C2H6/c1-14(19)13-21-12-4-11-20-10-3-5-16-6-8-17(9-7-16)15(2)18;1-2/h6-9,15H,4,10-13,18H2,1-2H3;1-2H3. The van der Waals surface area contributed by atoms with Crippen LogP contribution in [0, 0.1) is 11.8 Å². The summed E-state index contributed by atoms with van der Waals surface area (Å²) >= 11 is 0. The molecule has 0 fully saturated rings. The largest absolute Gasteiger partial charge is 0.374 e. The Morgan fingerprint density at radius 2 is 1.78 bits per heavy atom. The van der Waals surface area contributed by atoms with Crippen LogP contribution < -0.4 is 5.73 Å². The van der Waals surface area contributed by atoms with E-state index < -0.39 is 0 Å². The van der Waals surface area contributed by atoms with Gasteiger partial charge in [0.1, 0.15) is 13.2 Å². The van der Waals surface area contributed by atoms with Gasteiger partial charge in [-0.05, 0) is 38.0 Å². The minimum absolute atomic E-state index is 0.0387. The molecule has 1 aromatic rings. The van der Waals surface area contributed by atoms with Crippen molar-refractivity contribution in [2.75, 3.05) is 26.4 Å². The molecule has 0 saturated heterocycles. The van der Waals surface area contributed by atoms with E-state index in [1.165, 1.54) is 6.92 Å². The zero-order valence-electron chi connectivity index (χ0n) is 14.7. The van der Waals surface area contributed by atoms with Crippen molar-refractivity contribution in [2.45, 2.75) is 40.2 Å². The summed E-state index contributed by atoms with van der Waals surface area (Å²) < 4.78 is 10.5. The topological polar surface area (TPSA) is 61.5 Å². The van der Waals surface area contributed by atoms with E-state index in [0.29, 0.717) is 19.8 Å². The predicted molar refractivity (Wildman–Crippen MR) is 94.2 cm³/mol. The highest BCUT2D eigenvalue weighted by molar-refractivity contribution is 5.76. The van der Waals surface area contributed by atoms with Gasteiger partial charge in [-0.1, -0.05) is 37.8 Å².